The van der Waals surface area contributed by atoms with Crippen LogP contribution < -0.4 is 10.2 Å². The molecule has 1 aromatic rings. The first-order valence-electron chi connectivity index (χ1n) is 7.68. The van der Waals surface area contributed by atoms with Crippen molar-refractivity contribution < 1.29 is 0 Å². The molecule has 112 valence electrons. The number of anilines is 2. The second-order valence-corrected chi connectivity index (χ2v) is 5.53. The molecule has 1 aliphatic heterocycles. The highest BCUT2D eigenvalue weighted by atomic mass is 15.3. The van der Waals surface area contributed by atoms with Crippen molar-refractivity contribution in [3.8, 4) is 0 Å². The van der Waals surface area contributed by atoms with E-state index in [2.05, 4.69) is 52.0 Å². The van der Waals surface area contributed by atoms with Gasteiger partial charge in [-0.2, -0.15) is 4.98 Å². The molecule has 0 bridgehead atoms. The smallest absolute Gasteiger partial charge is 0.224 e. The maximum atomic E-state index is 4.60. The molecule has 1 saturated heterocycles. The molecular weight excluding hydrogens is 250 g/mol. The van der Waals surface area contributed by atoms with Gasteiger partial charge in [-0.25, -0.2) is 4.98 Å². The molecule has 5 nitrogen and oxygen atoms in total. The number of hydrogen-bond donors (Lipinski definition) is 1. The van der Waals surface area contributed by atoms with Crippen LogP contribution in [0.3, 0.4) is 0 Å². The number of rotatable bonds is 6. The summed E-state index contributed by atoms with van der Waals surface area (Å²) in [6.45, 7) is 10.6. The van der Waals surface area contributed by atoms with Gasteiger partial charge >= 0.3 is 0 Å². The van der Waals surface area contributed by atoms with E-state index in [1.807, 2.05) is 6.92 Å². The Labute approximate surface area is 122 Å². The molecule has 2 rings (SSSR count). The third kappa shape index (κ3) is 3.60. The molecule has 0 radical (unpaired) electrons. The molecule has 1 fully saturated rings. The molecule has 1 unspecified atom stereocenters. The molecule has 0 spiro atoms. The molecule has 20 heavy (non-hydrogen) atoms. The Bertz CT molecular complexity index is 434. The van der Waals surface area contributed by atoms with Crippen LogP contribution in [0.4, 0.5) is 11.8 Å². The molecule has 0 saturated carbocycles. The van der Waals surface area contributed by atoms with E-state index in [4.69, 9.17) is 0 Å². The lowest BCUT2D eigenvalue weighted by atomic mass is 10.2. The highest BCUT2D eigenvalue weighted by Gasteiger charge is 2.24. The van der Waals surface area contributed by atoms with Crippen molar-refractivity contribution in [2.45, 2.75) is 39.7 Å². The van der Waals surface area contributed by atoms with E-state index in [9.17, 15) is 0 Å². The number of aromatic nitrogens is 2. The van der Waals surface area contributed by atoms with Gasteiger partial charge in [0.05, 0.1) is 0 Å². The molecule has 0 amide bonds. The summed E-state index contributed by atoms with van der Waals surface area (Å²) in [7, 11) is 2.13. The van der Waals surface area contributed by atoms with Gasteiger partial charge in [0.15, 0.2) is 0 Å². The number of nitrogens with zero attached hydrogens (tertiary/aromatic N) is 4. The minimum absolute atomic E-state index is 0.655. The monoisotopic (exact) mass is 277 g/mol. The second-order valence-electron chi connectivity index (χ2n) is 5.53. The first kappa shape index (κ1) is 15.0. The van der Waals surface area contributed by atoms with Crippen LogP contribution in [0.1, 0.15) is 32.4 Å². The van der Waals surface area contributed by atoms with Crippen LogP contribution in [0.15, 0.2) is 6.07 Å². The molecule has 2 heterocycles. The van der Waals surface area contributed by atoms with Crippen molar-refractivity contribution in [3.05, 3.63) is 11.8 Å². The van der Waals surface area contributed by atoms with Crippen LogP contribution in [0.25, 0.3) is 0 Å². The highest BCUT2D eigenvalue weighted by molar-refractivity contribution is 5.44. The van der Waals surface area contributed by atoms with Gasteiger partial charge in [-0.15, -0.1) is 0 Å². The van der Waals surface area contributed by atoms with Crippen LogP contribution in [0.2, 0.25) is 0 Å². The van der Waals surface area contributed by atoms with Gasteiger partial charge in [-0.05, 0) is 39.8 Å². The third-order valence-electron chi connectivity index (χ3n) is 3.96. The predicted octanol–water partition coefficient (Wildman–Crippen LogP) is 2.14. The highest BCUT2D eigenvalue weighted by Crippen LogP contribution is 2.20. The quantitative estimate of drug-likeness (QED) is 0.863. The third-order valence-corrected chi connectivity index (χ3v) is 3.96. The standard InChI is InChI=1S/C15H27N5/c1-5-16-15-17-12(3)10-14(18-15)19(4)11-13-8-7-9-20(13)6-2/h10,13H,5-9,11H2,1-4H3,(H,16,17,18). The Balaban J connectivity index is 2.06. The fraction of sp³-hybridized carbons (Fsp3) is 0.733. The maximum absolute atomic E-state index is 4.60. The summed E-state index contributed by atoms with van der Waals surface area (Å²) >= 11 is 0. The number of nitrogens with one attached hydrogen (secondary N) is 1. The minimum atomic E-state index is 0.655. The summed E-state index contributed by atoms with van der Waals surface area (Å²) in [6, 6.07) is 2.72. The molecule has 1 aromatic heterocycles. The van der Waals surface area contributed by atoms with E-state index in [-0.39, 0.29) is 0 Å². The molecule has 1 N–H and O–H groups in total. The van der Waals surface area contributed by atoms with Crippen LogP contribution in [0.5, 0.6) is 0 Å². The van der Waals surface area contributed by atoms with E-state index >= 15 is 0 Å². The Morgan fingerprint density at radius 1 is 1.40 bits per heavy atom. The van der Waals surface area contributed by atoms with Crippen LogP contribution >= 0.6 is 0 Å². The first-order valence-corrected chi connectivity index (χ1v) is 7.68. The summed E-state index contributed by atoms with van der Waals surface area (Å²) in [5.74, 6) is 1.74. The predicted molar refractivity (Wildman–Crippen MR) is 84.5 cm³/mol. The van der Waals surface area contributed by atoms with Gasteiger partial charge in [0, 0.05) is 37.9 Å². The van der Waals surface area contributed by atoms with Gasteiger partial charge in [-0.1, -0.05) is 6.92 Å². The van der Waals surface area contributed by atoms with Gasteiger partial charge in [0.25, 0.3) is 0 Å². The van der Waals surface area contributed by atoms with Crippen molar-refractivity contribution in [2.24, 2.45) is 0 Å². The zero-order chi connectivity index (χ0) is 14.5. The van der Waals surface area contributed by atoms with E-state index < -0.39 is 0 Å². The van der Waals surface area contributed by atoms with Crippen LogP contribution in [-0.4, -0.2) is 54.1 Å². The summed E-state index contributed by atoms with van der Waals surface area (Å²) in [5, 5.41) is 3.20. The average Bonchev–Trinajstić information content (AvgIpc) is 2.85. The summed E-state index contributed by atoms with van der Waals surface area (Å²) < 4.78 is 0. The largest absolute Gasteiger partial charge is 0.358 e. The van der Waals surface area contributed by atoms with Crippen LogP contribution in [0, 0.1) is 6.92 Å². The Morgan fingerprint density at radius 2 is 2.20 bits per heavy atom. The first-order chi connectivity index (χ1) is 9.63. The van der Waals surface area contributed by atoms with E-state index in [0.717, 1.165) is 37.1 Å². The Morgan fingerprint density at radius 3 is 2.90 bits per heavy atom. The SMILES string of the molecule is CCNc1nc(C)cc(N(C)CC2CCCN2CC)n1. The second kappa shape index (κ2) is 6.88. The minimum Gasteiger partial charge on any atom is -0.358 e. The molecule has 0 aromatic carbocycles. The van der Waals surface area contributed by atoms with Gasteiger partial charge in [0.1, 0.15) is 5.82 Å². The van der Waals surface area contributed by atoms with E-state index in [0.29, 0.717) is 6.04 Å². The van der Waals surface area contributed by atoms with Crippen molar-refractivity contribution in [3.63, 3.8) is 0 Å². The normalized spacial score (nSPS) is 19.3. The molecular formula is C15H27N5. The summed E-state index contributed by atoms with van der Waals surface area (Å²) in [4.78, 5) is 13.8. The van der Waals surface area contributed by atoms with Crippen molar-refractivity contribution in [1.82, 2.24) is 14.9 Å². The molecule has 5 heteroatoms. The topological polar surface area (TPSA) is 44.3 Å². The van der Waals surface area contributed by atoms with E-state index in [1.54, 1.807) is 0 Å². The van der Waals surface area contributed by atoms with Crippen molar-refractivity contribution >= 4 is 11.8 Å². The summed E-state index contributed by atoms with van der Waals surface area (Å²) in [6.07, 6.45) is 2.61. The van der Waals surface area contributed by atoms with Crippen molar-refractivity contribution in [1.29, 1.82) is 0 Å². The number of likely N-dealkylation sites (tertiary alicyclic amines) is 1. The van der Waals surface area contributed by atoms with Gasteiger partial charge in [-0.3, -0.25) is 4.90 Å². The number of likely N-dealkylation sites (N-methyl/N-ethyl adjacent to an activating group) is 2. The molecule has 1 aliphatic rings. The number of aryl methyl sites for hydroxylation is 1. The lowest BCUT2D eigenvalue weighted by Crippen LogP contribution is -2.39. The summed E-state index contributed by atoms with van der Waals surface area (Å²) in [5.41, 5.74) is 1.01. The fourth-order valence-electron chi connectivity index (χ4n) is 2.91. The zero-order valence-electron chi connectivity index (χ0n) is 13.2. The zero-order valence-corrected chi connectivity index (χ0v) is 13.2. The Hall–Kier alpha value is -1.36. The maximum Gasteiger partial charge on any atom is 0.224 e. The fourth-order valence-corrected chi connectivity index (χ4v) is 2.91. The Kier molecular flexibility index (Phi) is 5.17. The van der Waals surface area contributed by atoms with Crippen molar-refractivity contribution in [2.75, 3.05) is 43.4 Å². The molecule has 0 aliphatic carbocycles. The number of hydrogen-bond acceptors (Lipinski definition) is 5. The molecule has 1 atom stereocenters. The lowest BCUT2D eigenvalue weighted by molar-refractivity contribution is 0.270. The van der Waals surface area contributed by atoms with Crippen LogP contribution in [-0.2, 0) is 0 Å². The van der Waals surface area contributed by atoms with E-state index in [1.165, 1.54) is 19.4 Å². The van der Waals surface area contributed by atoms with Gasteiger partial charge < -0.3 is 10.2 Å². The van der Waals surface area contributed by atoms with Gasteiger partial charge in [0.2, 0.25) is 5.95 Å². The average molecular weight is 277 g/mol. The lowest BCUT2D eigenvalue weighted by Gasteiger charge is -2.28.